The van der Waals surface area contributed by atoms with Crippen LogP contribution in [0, 0.1) is 17.5 Å². The lowest BCUT2D eigenvalue weighted by molar-refractivity contribution is -0.116. The molecule has 3 N–H and O–H groups in total. The Bertz CT molecular complexity index is 1650. The summed E-state index contributed by atoms with van der Waals surface area (Å²) in [4.78, 5) is 43.8. The van der Waals surface area contributed by atoms with Crippen LogP contribution in [0.5, 0.6) is 5.75 Å². The topological polar surface area (TPSA) is 109 Å². The molecule has 0 radical (unpaired) electrons. The van der Waals surface area contributed by atoms with Crippen molar-refractivity contribution >= 4 is 35.0 Å². The van der Waals surface area contributed by atoms with Crippen molar-refractivity contribution in [1.29, 1.82) is 0 Å². The molecular weight excluding hydrogens is 591 g/mol. The Labute approximate surface area is 257 Å². The third-order valence-corrected chi connectivity index (χ3v) is 7.27. The van der Waals surface area contributed by atoms with Gasteiger partial charge in [-0.05, 0) is 69.6 Å². The average Bonchev–Trinajstić information content (AvgIpc) is 3.36. The standard InChI is InChI=1S/C31H32F3N7O4/c1-5-35-30(43)36-18-12-14-19(15-13-18)41-24(17-38(2)3)26-28(37-41)39(16-20-21(32)8-6-9-22(20)33)31(44)40(29(26)42)23-10-7-11-25(45-4)27(23)34/h6-15,28,37H,5,16-17H2,1-4H3,(H2,35,36,43). The van der Waals surface area contributed by atoms with E-state index in [0.29, 0.717) is 28.5 Å². The monoisotopic (exact) mass is 623 g/mol. The molecule has 0 aliphatic carbocycles. The maximum Gasteiger partial charge on any atom is 0.333 e. The quantitative estimate of drug-likeness (QED) is 0.325. The number of nitrogens with one attached hydrogen (secondary N) is 3. The number of halogens is 3. The minimum atomic E-state index is -1.17. The summed E-state index contributed by atoms with van der Waals surface area (Å²) in [6.07, 6.45) is -1.17. The SMILES string of the molecule is CCNC(=O)Nc1ccc(N2NC3C(=C2CN(C)C)C(=O)N(c2cccc(OC)c2F)C(=O)N3Cc2c(F)cccc2F)cc1. The van der Waals surface area contributed by atoms with Crippen molar-refractivity contribution in [3.05, 3.63) is 94.9 Å². The number of ether oxygens (including phenoxy) is 1. The third kappa shape index (κ3) is 6.01. The summed E-state index contributed by atoms with van der Waals surface area (Å²) in [5, 5.41) is 6.95. The van der Waals surface area contributed by atoms with Crippen LogP contribution in [0.2, 0.25) is 0 Å². The molecule has 0 aromatic heterocycles. The Morgan fingerprint density at radius 2 is 1.67 bits per heavy atom. The molecule has 2 aliphatic heterocycles. The number of carbonyl (C=O) groups excluding carboxylic acids is 3. The summed E-state index contributed by atoms with van der Waals surface area (Å²) in [5.41, 5.74) is 3.90. The van der Waals surface area contributed by atoms with E-state index in [1.807, 2.05) is 0 Å². The van der Waals surface area contributed by atoms with Crippen molar-refractivity contribution < 1.29 is 32.3 Å². The van der Waals surface area contributed by atoms with Crippen LogP contribution in [-0.2, 0) is 11.3 Å². The first kappa shape index (κ1) is 31.3. The van der Waals surface area contributed by atoms with Crippen molar-refractivity contribution in [1.82, 2.24) is 20.5 Å². The van der Waals surface area contributed by atoms with Gasteiger partial charge in [0.1, 0.15) is 17.8 Å². The Hall–Kier alpha value is -5.08. The molecule has 3 aromatic carbocycles. The molecule has 1 atom stereocenters. The molecule has 3 aromatic rings. The summed E-state index contributed by atoms with van der Waals surface area (Å²) in [6.45, 7) is 1.85. The Morgan fingerprint density at radius 1 is 1.00 bits per heavy atom. The van der Waals surface area contributed by atoms with Gasteiger partial charge in [0.05, 0.1) is 36.3 Å². The highest BCUT2D eigenvalue weighted by Gasteiger charge is 2.50. The Morgan fingerprint density at radius 3 is 2.29 bits per heavy atom. The van der Waals surface area contributed by atoms with Gasteiger partial charge < -0.3 is 20.3 Å². The van der Waals surface area contributed by atoms with Crippen LogP contribution in [0.1, 0.15) is 12.5 Å². The van der Waals surface area contributed by atoms with E-state index >= 15 is 4.39 Å². The highest BCUT2D eigenvalue weighted by molar-refractivity contribution is 6.24. The third-order valence-electron chi connectivity index (χ3n) is 7.27. The molecule has 2 heterocycles. The number of amides is 5. The molecule has 5 rings (SSSR count). The average molecular weight is 624 g/mol. The van der Waals surface area contributed by atoms with Gasteiger partial charge in [-0.3, -0.25) is 14.7 Å². The zero-order chi connectivity index (χ0) is 32.4. The highest BCUT2D eigenvalue weighted by atomic mass is 19.1. The lowest BCUT2D eigenvalue weighted by Crippen LogP contribution is -2.62. The molecule has 11 nitrogen and oxygen atoms in total. The van der Waals surface area contributed by atoms with E-state index in [0.717, 1.165) is 17.0 Å². The number of hydrazine groups is 1. The lowest BCUT2D eigenvalue weighted by Gasteiger charge is -2.39. The van der Waals surface area contributed by atoms with Crippen molar-refractivity contribution in [2.24, 2.45) is 0 Å². The summed E-state index contributed by atoms with van der Waals surface area (Å²) in [7, 11) is 4.81. The highest BCUT2D eigenvalue weighted by Crippen LogP contribution is 2.39. The molecular formula is C31H32F3N7O4. The summed E-state index contributed by atoms with van der Waals surface area (Å²) in [5.74, 6) is -3.74. The largest absolute Gasteiger partial charge is 0.494 e. The fraction of sp³-hybridized carbons (Fsp3) is 0.258. The molecule has 0 bridgehead atoms. The number of carbonyl (C=O) groups is 3. The second-order valence-corrected chi connectivity index (χ2v) is 10.5. The van der Waals surface area contributed by atoms with Crippen molar-refractivity contribution in [3.63, 3.8) is 0 Å². The predicted octanol–water partition coefficient (Wildman–Crippen LogP) is 4.39. The second-order valence-electron chi connectivity index (χ2n) is 10.5. The molecule has 1 unspecified atom stereocenters. The maximum absolute atomic E-state index is 15.6. The summed E-state index contributed by atoms with van der Waals surface area (Å²) >= 11 is 0. The smallest absolute Gasteiger partial charge is 0.333 e. The zero-order valence-corrected chi connectivity index (χ0v) is 25.0. The number of fused-ring (bicyclic) bond motifs is 1. The number of hydrogen-bond acceptors (Lipinski definition) is 7. The van der Waals surface area contributed by atoms with E-state index in [-0.39, 0.29) is 29.6 Å². The second kappa shape index (κ2) is 12.9. The number of methoxy groups -OCH3 is 1. The Balaban J connectivity index is 1.64. The first-order chi connectivity index (χ1) is 21.5. The molecule has 1 fully saturated rings. The number of urea groups is 2. The number of rotatable bonds is 9. The summed E-state index contributed by atoms with van der Waals surface area (Å²) in [6, 6.07) is 12.7. The molecule has 236 valence electrons. The number of likely N-dealkylation sites (N-methyl/N-ethyl adjacent to an activating group) is 1. The van der Waals surface area contributed by atoms with Gasteiger partial charge in [0.15, 0.2) is 11.6 Å². The molecule has 0 spiro atoms. The van der Waals surface area contributed by atoms with Gasteiger partial charge in [-0.15, -0.1) is 0 Å². The zero-order valence-electron chi connectivity index (χ0n) is 25.0. The van der Waals surface area contributed by atoms with Crippen molar-refractivity contribution in [3.8, 4) is 5.75 Å². The van der Waals surface area contributed by atoms with Crippen LogP contribution in [0.3, 0.4) is 0 Å². The lowest BCUT2D eigenvalue weighted by atomic mass is 10.0. The van der Waals surface area contributed by atoms with Crippen LogP contribution < -0.4 is 30.7 Å². The fourth-order valence-electron chi connectivity index (χ4n) is 5.23. The van der Waals surface area contributed by atoms with Gasteiger partial charge in [-0.1, -0.05) is 12.1 Å². The van der Waals surface area contributed by atoms with Gasteiger partial charge >= 0.3 is 12.1 Å². The predicted molar refractivity (Wildman–Crippen MR) is 162 cm³/mol. The van der Waals surface area contributed by atoms with Crippen LogP contribution in [0.25, 0.3) is 0 Å². The molecule has 0 saturated carbocycles. The minimum Gasteiger partial charge on any atom is -0.494 e. The minimum absolute atomic E-state index is 0.0757. The van der Waals surface area contributed by atoms with E-state index in [1.165, 1.54) is 31.4 Å². The number of hydrogen-bond donors (Lipinski definition) is 3. The van der Waals surface area contributed by atoms with Crippen LogP contribution in [0.4, 0.5) is 39.8 Å². The molecule has 14 heteroatoms. The van der Waals surface area contributed by atoms with E-state index in [1.54, 1.807) is 55.2 Å². The van der Waals surface area contributed by atoms with Gasteiger partial charge in [-0.2, -0.15) is 0 Å². The van der Waals surface area contributed by atoms with E-state index < -0.39 is 47.7 Å². The van der Waals surface area contributed by atoms with Crippen molar-refractivity contribution in [2.75, 3.05) is 49.5 Å². The number of imide groups is 1. The number of anilines is 3. The first-order valence-electron chi connectivity index (χ1n) is 14.0. The van der Waals surface area contributed by atoms with Gasteiger partial charge in [-0.25, -0.2) is 33.1 Å². The van der Waals surface area contributed by atoms with Crippen molar-refractivity contribution in [2.45, 2.75) is 19.6 Å². The molecule has 45 heavy (non-hydrogen) atoms. The number of nitrogens with zero attached hydrogens (tertiary/aromatic N) is 4. The summed E-state index contributed by atoms with van der Waals surface area (Å²) < 4.78 is 50.4. The number of benzene rings is 3. The Kier molecular flexibility index (Phi) is 8.97. The van der Waals surface area contributed by atoms with Gasteiger partial charge in [0, 0.05) is 24.3 Å². The van der Waals surface area contributed by atoms with E-state index in [2.05, 4.69) is 16.1 Å². The normalized spacial score (nSPS) is 16.4. The van der Waals surface area contributed by atoms with Crippen LogP contribution in [-0.4, -0.2) is 68.2 Å². The fourth-order valence-corrected chi connectivity index (χ4v) is 5.23. The van der Waals surface area contributed by atoms with Gasteiger partial charge in [0.2, 0.25) is 0 Å². The molecule has 2 aliphatic rings. The van der Waals surface area contributed by atoms with E-state index in [4.69, 9.17) is 4.74 Å². The van der Waals surface area contributed by atoms with E-state index in [9.17, 15) is 23.2 Å². The molecule has 5 amide bonds. The van der Waals surface area contributed by atoms with Gasteiger partial charge in [0.25, 0.3) is 5.91 Å². The molecule has 1 saturated heterocycles. The van der Waals surface area contributed by atoms with Crippen LogP contribution >= 0.6 is 0 Å². The van der Waals surface area contributed by atoms with Crippen LogP contribution in [0.15, 0.2) is 71.9 Å². The first-order valence-corrected chi connectivity index (χ1v) is 14.0. The maximum atomic E-state index is 15.6.